The molecule has 0 saturated carbocycles. The van der Waals surface area contributed by atoms with E-state index in [0.717, 1.165) is 44.7 Å². The first kappa shape index (κ1) is 19.2. The van der Waals surface area contributed by atoms with Crippen LogP contribution in [0.25, 0.3) is 0 Å². The minimum atomic E-state index is -0.430. The van der Waals surface area contributed by atoms with Gasteiger partial charge >= 0.3 is 0 Å². The Kier molecular flexibility index (Phi) is 5.38. The highest BCUT2D eigenvalue weighted by Gasteiger charge is 2.28. The SMILES string of the molecule is Cc1cccc(N2CCN(C(=O)c3cc([N+](=O)[O-])ccc3N3CCCC3)CC2)c1. The van der Waals surface area contributed by atoms with E-state index in [-0.39, 0.29) is 11.6 Å². The molecule has 0 unspecified atom stereocenters. The van der Waals surface area contributed by atoms with Crippen LogP contribution >= 0.6 is 0 Å². The number of nitro groups is 1. The van der Waals surface area contributed by atoms with Gasteiger partial charge in [0.15, 0.2) is 0 Å². The molecule has 1 amide bonds. The number of non-ortho nitro benzene ring substituents is 1. The third kappa shape index (κ3) is 4.04. The number of hydrogen-bond donors (Lipinski definition) is 0. The first-order chi connectivity index (χ1) is 14.0. The Bertz CT molecular complexity index is 916. The van der Waals surface area contributed by atoms with Gasteiger partial charge in [-0.1, -0.05) is 12.1 Å². The molecule has 0 radical (unpaired) electrons. The topological polar surface area (TPSA) is 69.9 Å². The van der Waals surface area contributed by atoms with Crippen LogP contribution in [0.4, 0.5) is 17.1 Å². The summed E-state index contributed by atoms with van der Waals surface area (Å²) < 4.78 is 0. The van der Waals surface area contributed by atoms with Crippen LogP contribution in [0.2, 0.25) is 0 Å². The Morgan fingerprint density at radius 2 is 1.66 bits per heavy atom. The summed E-state index contributed by atoms with van der Waals surface area (Å²) in [5, 5.41) is 11.3. The van der Waals surface area contributed by atoms with Crippen molar-refractivity contribution < 1.29 is 9.72 Å². The number of carbonyl (C=O) groups is 1. The van der Waals surface area contributed by atoms with E-state index < -0.39 is 4.92 Å². The van der Waals surface area contributed by atoms with Gasteiger partial charge in [0.1, 0.15) is 0 Å². The van der Waals surface area contributed by atoms with E-state index in [2.05, 4.69) is 34.9 Å². The zero-order valence-corrected chi connectivity index (χ0v) is 16.7. The van der Waals surface area contributed by atoms with Gasteiger partial charge in [-0.25, -0.2) is 0 Å². The van der Waals surface area contributed by atoms with Crippen LogP contribution in [0.3, 0.4) is 0 Å². The third-order valence-electron chi connectivity index (χ3n) is 5.80. The summed E-state index contributed by atoms with van der Waals surface area (Å²) in [4.78, 5) is 30.4. The third-order valence-corrected chi connectivity index (χ3v) is 5.80. The number of piperazine rings is 1. The van der Waals surface area contributed by atoms with Gasteiger partial charge in [-0.05, 0) is 43.5 Å². The molecule has 0 spiro atoms. The quantitative estimate of drug-likeness (QED) is 0.587. The fourth-order valence-corrected chi connectivity index (χ4v) is 4.21. The van der Waals surface area contributed by atoms with Crippen molar-refractivity contribution in [2.24, 2.45) is 0 Å². The van der Waals surface area contributed by atoms with Gasteiger partial charge in [0.05, 0.1) is 16.2 Å². The zero-order valence-electron chi connectivity index (χ0n) is 16.7. The molecule has 0 bridgehead atoms. The molecule has 0 N–H and O–H groups in total. The standard InChI is InChI=1S/C22H26N4O3/c1-17-5-4-6-18(15-17)23-11-13-25(14-12-23)22(27)20-16-19(26(28)29)7-8-21(20)24-9-2-3-10-24/h4-8,15-16H,2-3,9-14H2,1H3. The molecule has 0 atom stereocenters. The maximum absolute atomic E-state index is 13.3. The smallest absolute Gasteiger partial charge is 0.270 e. The number of carbonyl (C=O) groups excluding carboxylic acids is 1. The molecule has 7 nitrogen and oxygen atoms in total. The molecule has 2 aliphatic heterocycles. The summed E-state index contributed by atoms with van der Waals surface area (Å²) >= 11 is 0. The number of aryl methyl sites for hydroxylation is 1. The van der Waals surface area contributed by atoms with E-state index in [0.29, 0.717) is 18.7 Å². The Morgan fingerprint density at radius 1 is 0.931 bits per heavy atom. The second-order valence-electron chi connectivity index (χ2n) is 7.77. The van der Waals surface area contributed by atoms with Crippen LogP contribution in [-0.2, 0) is 0 Å². The Balaban J connectivity index is 1.53. The largest absolute Gasteiger partial charge is 0.371 e. The van der Waals surface area contributed by atoms with E-state index in [1.165, 1.54) is 23.4 Å². The van der Waals surface area contributed by atoms with Crippen molar-refractivity contribution in [2.45, 2.75) is 19.8 Å². The zero-order chi connectivity index (χ0) is 20.4. The van der Waals surface area contributed by atoms with Crippen molar-refractivity contribution in [3.05, 3.63) is 63.7 Å². The van der Waals surface area contributed by atoms with Gasteiger partial charge < -0.3 is 14.7 Å². The van der Waals surface area contributed by atoms with E-state index in [9.17, 15) is 14.9 Å². The molecule has 4 rings (SSSR count). The first-order valence-electron chi connectivity index (χ1n) is 10.2. The minimum absolute atomic E-state index is 0.0327. The fraction of sp³-hybridized carbons (Fsp3) is 0.409. The predicted molar refractivity (Wildman–Crippen MR) is 114 cm³/mol. The minimum Gasteiger partial charge on any atom is -0.371 e. The number of benzene rings is 2. The maximum Gasteiger partial charge on any atom is 0.270 e. The van der Waals surface area contributed by atoms with E-state index in [4.69, 9.17) is 0 Å². The molecule has 29 heavy (non-hydrogen) atoms. The lowest BCUT2D eigenvalue weighted by atomic mass is 10.1. The molecular formula is C22H26N4O3. The van der Waals surface area contributed by atoms with E-state index >= 15 is 0 Å². The van der Waals surface area contributed by atoms with Crippen LogP contribution in [0.1, 0.15) is 28.8 Å². The summed E-state index contributed by atoms with van der Waals surface area (Å²) in [7, 11) is 0. The molecule has 2 fully saturated rings. The number of nitrogens with zero attached hydrogens (tertiary/aromatic N) is 4. The van der Waals surface area contributed by atoms with Crippen LogP contribution < -0.4 is 9.80 Å². The second kappa shape index (κ2) is 8.11. The average Bonchev–Trinajstić information content (AvgIpc) is 3.27. The summed E-state index contributed by atoms with van der Waals surface area (Å²) in [6.07, 6.45) is 2.17. The molecule has 152 valence electrons. The number of nitro benzene ring substituents is 1. The molecular weight excluding hydrogens is 368 g/mol. The molecule has 7 heteroatoms. The number of amides is 1. The summed E-state index contributed by atoms with van der Waals surface area (Å²) in [6.45, 7) is 6.57. The van der Waals surface area contributed by atoms with Crippen molar-refractivity contribution in [3.63, 3.8) is 0 Å². The highest BCUT2D eigenvalue weighted by Crippen LogP contribution is 2.30. The normalized spacial score (nSPS) is 16.9. The summed E-state index contributed by atoms with van der Waals surface area (Å²) in [5.41, 5.74) is 3.62. The summed E-state index contributed by atoms with van der Waals surface area (Å²) in [6, 6.07) is 13.1. The number of rotatable bonds is 4. The number of hydrogen-bond acceptors (Lipinski definition) is 5. The van der Waals surface area contributed by atoms with Gasteiger partial charge in [0.2, 0.25) is 0 Å². The van der Waals surface area contributed by atoms with Crippen LogP contribution in [0, 0.1) is 17.0 Å². The van der Waals surface area contributed by atoms with Crippen LogP contribution in [0.15, 0.2) is 42.5 Å². The fourth-order valence-electron chi connectivity index (χ4n) is 4.21. The van der Waals surface area contributed by atoms with Crippen molar-refractivity contribution in [1.29, 1.82) is 0 Å². The van der Waals surface area contributed by atoms with Crippen LogP contribution in [-0.4, -0.2) is 55.0 Å². The summed E-state index contributed by atoms with van der Waals surface area (Å²) in [5.74, 6) is -0.112. The molecule has 2 aromatic rings. The van der Waals surface area contributed by atoms with Crippen LogP contribution in [0.5, 0.6) is 0 Å². The highest BCUT2D eigenvalue weighted by atomic mass is 16.6. The maximum atomic E-state index is 13.3. The van der Waals surface area contributed by atoms with Gasteiger partial charge in [0, 0.05) is 57.1 Å². The lowest BCUT2D eigenvalue weighted by molar-refractivity contribution is -0.384. The molecule has 0 aromatic heterocycles. The van der Waals surface area contributed by atoms with E-state index in [1.807, 2.05) is 11.0 Å². The Labute approximate surface area is 170 Å². The molecule has 2 aromatic carbocycles. The first-order valence-corrected chi connectivity index (χ1v) is 10.2. The molecule has 2 heterocycles. The molecule has 2 aliphatic rings. The Hall–Kier alpha value is -3.09. The van der Waals surface area contributed by atoms with Crippen molar-refractivity contribution >= 4 is 23.0 Å². The van der Waals surface area contributed by atoms with Crippen molar-refractivity contribution in [1.82, 2.24) is 4.90 Å². The highest BCUT2D eigenvalue weighted by molar-refractivity contribution is 6.00. The van der Waals surface area contributed by atoms with Gasteiger partial charge in [-0.15, -0.1) is 0 Å². The predicted octanol–water partition coefficient (Wildman–Crippen LogP) is 3.47. The lowest BCUT2D eigenvalue weighted by Crippen LogP contribution is -2.49. The lowest BCUT2D eigenvalue weighted by Gasteiger charge is -2.36. The number of anilines is 2. The molecule has 0 aliphatic carbocycles. The Morgan fingerprint density at radius 3 is 2.31 bits per heavy atom. The van der Waals surface area contributed by atoms with Gasteiger partial charge in [0.25, 0.3) is 11.6 Å². The van der Waals surface area contributed by atoms with Gasteiger partial charge in [-0.2, -0.15) is 0 Å². The molecule has 2 saturated heterocycles. The van der Waals surface area contributed by atoms with Crippen molar-refractivity contribution in [3.8, 4) is 0 Å². The second-order valence-corrected chi connectivity index (χ2v) is 7.77. The van der Waals surface area contributed by atoms with E-state index in [1.54, 1.807) is 6.07 Å². The monoisotopic (exact) mass is 394 g/mol. The average molecular weight is 394 g/mol. The van der Waals surface area contributed by atoms with Crippen molar-refractivity contribution in [2.75, 3.05) is 49.1 Å². The van der Waals surface area contributed by atoms with Gasteiger partial charge in [-0.3, -0.25) is 14.9 Å².